The normalized spacial score (nSPS) is 31.1. The number of aromatic nitrogens is 2. The van der Waals surface area contributed by atoms with E-state index >= 15 is 0 Å². The summed E-state index contributed by atoms with van der Waals surface area (Å²) < 4.78 is 1.70. The van der Waals surface area contributed by atoms with Crippen LogP contribution in [0.15, 0.2) is 30.6 Å². The highest BCUT2D eigenvalue weighted by Crippen LogP contribution is 2.65. The summed E-state index contributed by atoms with van der Waals surface area (Å²) in [5, 5.41) is 6.90. The first-order valence-corrected chi connectivity index (χ1v) is 10.3. The van der Waals surface area contributed by atoms with Crippen molar-refractivity contribution in [2.45, 2.75) is 50.5 Å². The maximum Gasteiger partial charge on any atom is 0.319 e. The van der Waals surface area contributed by atoms with E-state index in [2.05, 4.69) is 15.6 Å². The summed E-state index contributed by atoms with van der Waals surface area (Å²) in [4.78, 5) is 16.5. The minimum Gasteiger partial charge on any atom is -0.332 e. The molecule has 2 N–H and O–H groups in total. The van der Waals surface area contributed by atoms with Gasteiger partial charge in [0.05, 0.1) is 0 Å². The molecular weight excluding hydrogens is 383 g/mol. The van der Waals surface area contributed by atoms with Crippen molar-refractivity contribution in [3.8, 4) is 5.69 Å². The molecule has 0 aliphatic heterocycles. The van der Waals surface area contributed by atoms with Gasteiger partial charge in [-0.2, -0.15) is 0 Å². The number of rotatable bonds is 3. The molecule has 4 fully saturated rings. The topological polar surface area (TPSA) is 59.0 Å². The van der Waals surface area contributed by atoms with Crippen molar-refractivity contribution in [1.82, 2.24) is 14.9 Å². The van der Waals surface area contributed by atoms with Crippen LogP contribution in [-0.4, -0.2) is 21.1 Å². The molecule has 0 radical (unpaired) electrons. The summed E-state index contributed by atoms with van der Waals surface area (Å²) in [5.41, 5.74) is 2.14. The Labute approximate surface area is 168 Å². The third-order valence-electron chi connectivity index (χ3n) is 6.60. The average Bonchev–Trinajstić information content (AvgIpc) is 2.93. The van der Waals surface area contributed by atoms with Crippen LogP contribution in [0.1, 0.15) is 44.9 Å². The van der Waals surface area contributed by atoms with Crippen LogP contribution in [0.4, 0.5) is 10.5 Å². The molecule has 142 valence electrons. The van der Waals surface area contributed by atoms with Crippen LogP contribution in [0.3, 0.4) is 0 Å². The number of halogens is 2. The summed E-state index contributed by atoms with van der Waals surface area (Å²) >= 11 is 12.0. The van der Waals surface area contributed by atoms with Gasteiger partial charge >= 0.3 is 6.03 Å². The van der Waals surface area contributed by atoms with Gasteiger partial charge in [-0.05, 0) is 67.7 Å². The van der Waals surface area contributed by atoms with Gasteiger partial charge in [0.1, 0.15) is 6.33 Å². The SMILES string of the molecule is O=C(Nc1ccc(-n2cnc(Cl)c2Cl)cc1)NC12CC3CCCC(C3)(C1)C2. The maximum atomic E-state index is 12.6. The number of anilines is 1. The van der Waals surface area contributed by atoms with Crippen molar-refractivity contribution >= 4 is 34.9 Å². The highest BCUT2D eigenvalue weighted by Gasteiger charge is 2.61. The lowest BCUT2D eigenvalue weighted by Crippen LogP contribution is -2.67. The number of urea groups is 1. The van der Waals surface area contributed by atoms with Crippen molar-refractivity contribution in [3.05, 3.63) is 40.9 Å². The second-order valence-electron chi connectivity index (χ2n) is 8.62. The van der Waals surface area contributed by atoms with E-state index in [1.54, 1.807) is 10.9 Å². The van der Waals surface area contributed by atoms with Gasteiger partial charge in [0.15, 0.2) is 10.3 Å². The molecule has 1 unspecified atom stereocenters. The summed E-state index contributed by atoms with van der Waals surface area (Å²) in [7, 11) is 0. The zero-order chi connectivity index (χ0) is 18.6. The summed E-state index contributed by atoms with van der Waals surface area (Å²) in [6.07, 6.45) is 10.4. The fourth-order valence-corrected chi connectivity index (χ4v) is 6.22. The fourth-order valence-electron chi connectivity index (χ4n) is 5.90. The molecule has 4 aliphatic carbocycles. The molecule has 2 aromatic rings. The van der Waals surface area contributed by atoms with E-state index in [0.29, 0.717) is 10.6 Å². The maximum absolute atomic E-state index is 12.6. The van der Waals surface area contributed by atoms with E-state index in [9.17, 15) is 4.79 Å². The molecule has 1 atom stereocenters. The lowest BCUT2D eigenvalue weighted by Gasteiger charge is -2.65. The molecule has 6 rings (SSSR count). The monoisotopic (exact) mass is 404 g/mol. The molecule has 7 heteroatoms. The van der Waals surface area contributed by atoms with E-state index in [1.807, 2.05) is 24.3 Å². The quantitative estimate of drug-likeness (QED) is 0.717. The highest BCUT2D eigenvalue weighted by atomic mass is 35.5. The molecule has 3 bridgehead atoms. The molecule has 4 aliphatic rings. The van der Waals surface area contributed by atoms with E-state index in [1.165, 1.54) is 25.7 Å². The minimum atomic E-state index is -0.110. The van der Waals surface area contributed by atoms with Crippen LogP contribution in [0.2, 0.25) is 10.3 Å². The van der Waals surface area contributed by atoms with Crippen LogP contribution in [-0.2, 0) is 0 Å². The first kappa shape index (κ1) is 17.4. The van der Waals surface area contributed by atoms with E-state index in [-0.39, 0.29) is 16.7 Å². The number of carbonyl (C=O) groups is 1. The molecule has 27 heavy (non-hydrogen) atoms. The van der Waals surface area contributed by atoms with E-state index in [0.717, 1.165) is 36.6 Å². The number of hydrogen-bond donors (Lipinski definition) is 2. The summed E-state index contributed by atoms with van der Waals surface area (Å²) in [5.74, 6) is 0.799. The van der Waals surface area contributed by atoms with Crippen LogP contribution < -0.4 is 10.6 Å². The number of nitrogens with zero attached hydrogens (tertiary/aromatic N) is 2. The van der Waals surface area contributed by atoms with Gasteiger partial charge in [0.25, 0.3) is 0 Å². The second kappa shape index (κ2) is 6.14. The molecule has 5 nitrogen and oxygen atoms in total. The molecule has 1 aromatic carbocycles. The Morgan fingerprint density at radius 3 is 2.63 bits per heavy atom. The predicted octanol–water partition coefficient (Wildman–Crippen LogP) is 5.41. The first-order chi connectivity index (χ1) is 13.0. The van der Waals surface area contributed by atoms with Gasteiger partial charge < -0.3 is 10.6 Å². The smallest absolute Gasteiger partial charge is 0.319 e. The van der Waals surface area contributed by atoms with Crippen LogP contribution in [0.5, 0.6) is 0 Å². The van der Waals surface area contributed by atoms with Gasteiger partial charge in [0, 0.05) is 16.9 Å². The Kier molecular flexibility index (Phi) is 3.96. The van der Waals surface area contributed by atoms with Gasteiger partial charge in [-0.3, -0.25) is 4.57 Å². The lowest BCUT2D eigenvalue weighted by atomic mass is 9.43. The van der Waals surface area contributed by atoms with Gasteiger partial charge in [0.2, 0.25) is 0 Å². The molecule has 0 saturated heterocycles. The zero-order valence-electron chi connectivity index (χ0n) is 15.0. The van der Waals surface area contributed by atoms with Crippen LogP contribution in [0, 0.1) is 11.3 Å². The Balaban J connectivity index is 1.23. The number of carbonyl (C=O) groups excluding carboxylic acids is 1. The predicted molar refractivity (Wildman–Crippen MR) is 107 cm³/mol. The van der Waals surface area contributed by atoms with E-state index < -0.39 is 0 Å². The minimum absolute atomic E-state index is 0.0223. The summed E-state index contributed by atoms with van der Waals surface area (Å²) in [6, 6.07) is 7.35. The molecule has 2 amide bonds. The Morgan fingerprint density at radius 2 is 1.96 bits per heavy atom. The Hall–Kier alpha value is -1.72. The van der Waals surface area contributed by atoms with Crippen molar-refractivity contribution in [2.24, 2.45) is 11.3 Å². The molecule has 4 saturated carbocycles. The lowest BCUT2D eigenvalue weighted by molar-refractivity contribution is -0.102. The van der Waals surface area contributed by atoms with Gasteiger partial charge in [-0.1, -0.05) is 36.0 Å². The molecule has 1 spiro atoms. The van der Waals surface area contributed by atoms with Crippen LogP contribution in [0.25, 0.3) is 5.69 Å². The van der Waals surface area contributed by atoms with Gasteiger partial charge in [-0.25, -0.2) is 9.78 Å². The molecule has 1 aromatic heterocycles. The largest absolute Gasteiger partial charge is 0.332 e. The van der Waals surface area contributed by atoms with Crippen molar-refractivity contribution in [1.29, 1.82) is 0 Å². The zero-order valence-corrected chi connectivity index (χ0v) is 16.5. The highest BCUT2D eigenvalue weighted by molar-refractivity contribution is 6.40. The fraction of sp³-hybridized carbons (Fsp3) is 0.500. The van der Waals surface area contributed by atoms with Gasteiger partial charge in [-0.15, -0.1) is 0 Å². The number of nitrogens with one attached hydrogen (secondary N) is 2. The second-order valence-corrected chi connectivity index (χ2v) is 9.34. The van der Waals surface area contributed by atoms with Crippen LogP contribution >= 0.6 is 23.2 Å². The number of imidazole rings is 1. The first-order valence-electron chi connectivity index (χ1n) is 9.54. The molecular formula is C20H22Cl2N4O. The summed E-state index contributed by atoms with van der Waals surface area (Å²) in [6.45, 7) is 0. The Bertz CT molecular complexity index is 880. The van der Waals surface area contributed by atoms with Crippen molar-refractivity contribution in [3.63, 3.8) is 0 Å². The van der Waals surface area contributed by atoms with Crippen molar-refractivity contribution in [2.75, 3.05) is 5.32 Å². The third-order valence-corrected chi connectivity index (χ3v) is 7.33. The molecule has 1 heterocycles. The number of hydrogen-bond acceptors (Lipinski definition) is 2. The standard InChI is InChI=1S/C20H22Cl2N4O/c21-16-17(22)26(12-23-16)15-5-3-14(4-6-15)24-18(27)25-20-9-13-2-1-7-19(8-13,10-20)11-20/h3-6,12-13H,1-2,7-11H2,(H2,24,25,27). The number of amides is 2. The Morgan fingerprint density at radius 1 is 1.19 bits per heavy atom. The van der Waals surface area contributed by atoms with Crippen molar-refractivity contribution < 1.29 is 4.79 Å². The van der Waals surface area contributed by atoms with E-state index in [4.69, 9.17) is 23.2 Å². The number of benzene rings is 1. The average molecular weight is 405 g/mol. The third kappa shape index (κ3) is 3.01.